The van der Waals surface area contributed by atoms with Gasteiger partial charge in [0.25, 0.3) is 0 Å². The van der Waals surface area contributed by atoms with Gasteiger partial charge in [0.1, 0.15) is 0 Å². The lowest BCUT2D eigenvalue weighted by atomic mass is 9.96. The Morgan fingerprint density at radius 1 is 1.32 bits per heavy atom. The predicted octanol–water partition coefficient (Wildman–Crippen LogP) is 2.63. The number of nitrogens with zero attached hydrogens (tertiary/aromatic N) is 1. The number of benzene rings is 1. The lowest BCUT2D eigenvalue weighted by Crippen LogP contribution is -2.39. The van der Waals surface area contributed by atoms with E-state index in [1.807, 2.05) is 36.0 Å². The third kappa shape index (κ3) is 4.71. The highest BCUT2D eigenvalue weighted by molar-refractivity contribution is 7.99. The molecule has 0 aliphatic carbocycles. The van der Waals surface area contributed by atoms with Crippen LogP contribution in [-0.4, -0.2) is 36.2 Å². The molecule has 3 nitrogen and oxygen atoms in total. The topological polar surface area (TPSA) is 46.3 Å². The molecule has 0 atom stereocenters. The molecular weight excluding hydrogens is 280 g/mol. The second-order valence-electron chi connectivity index (χ2n) is 4.82. The van der Waals surface area contributed by atoms with E-state index in [0.29, 0.717) is 0 Å². The van der Waals surface area contributed by atoms with Crippen molar-refractivity contribution in [1.29, 1.82) is 0 Å². The SMILES string of the molecule is NC(=O)C1CCN(CCSc2ccc(Cl)cc2)CC1. The van der Waals surface area contributed by atoms with Crippen LogP contribution in [0, 0.1) is 5.92 Å². The first-order chi connectivity index (χ1) is 9.15. The highest BCUT2D eigenvalue weighted by Gasteiger charge is 2.22. The standard InChI is InChI=1S/C14H19ClN2OS/c15-12-1-3-13(4-2-12)19-10-9-17-7-5-11(6-8-17)14(16)18/h1-4,11H,5-10H2,(H2,16,18). The maximum atomic E-state index is 11.1. The van der Waals surface area contributed by atoms with Crippen LogP contribution in [0.5, 0.6) is 0 Å². The zero-order chi connectivity index (χ0) is 13.7. The average Bonchev–Trinajstić information content (AvgIpc) is 2.41. The number of hydrogen-bond donors (Lipinski definition) is 1. The molecule has 104 valence electrons. The Labute approximate surface area is 123 Å². The molecule has 1 aliphatic rings. The molecule has 0 saturated carbocycles. The number of carbonyl (C=O) groups is 1. The van der Waals surface area contributed by atoms with Crippen molar-refractivity contribution in [2.45, 2.75) is 17.7 Å². The van der Waals surface area contributed by atoms with Crippen LogP contribution in [-0.2, 0) is 4.79 Å². The maximum Gasteiger partial charge on any atom is 0.220 e. The van der Waals surface area contributed by atoms with Crippen molar-refractivity contribution in [3.63, 3.8) is 0 Å². The van der Waals surface area contributed by atoms with Crippen LogP contribution < -0.4 is 5.73 Å². The van der Waals surface area contributed by atoms with Gasteiger partial charge in [-0.2, -0.15) is 0 Å². The van der Waals surface area contributed by atoms with E-state index in [1.165, 1.54) is 4.90 Å². The summed E-state index contributed by atoms with van der Waals surface area (Å²) in [6.07, 6.45) is 1.81. The van der Waals surface area contributed by atoms with Crippen molar-refractivity contribution in [2.75, 3.05) is 25.4 Å². The monoisotopic (exact) mass is 298 g/mol. The molecule has 19 heavy (non-hydrogen) atoms. The molecule has 0 bridgehead atoms. The molecule has 0 spiro atoms. The van der Waals surface area contributed by atoms with Gasteiger partial charge in [-0.1, -0.05) is 11.6 Å². The number of nitrogens with two attached hydrogens (primary N) is 1. The number of thioether (sulfide) groups is 1. The largest absolute Gasteiger partial charge is 0.369 e. The molecule has 5 heteroatoms. The van der Waals surface area contributed by atoms with Crippen molar-refractivity contribution < 1.29 is 4.79 Å². The molecule has 2 N–H and O–H groups in total. The van der Waals surface area contributed by atoms with E-state index in [1.54, 1.807) is 0 Å². The third-order valence-corrected chi connectivity index (χ3v) is 4.72. The van der Waals surface area contributed by atoms with Crippen LogP contribution in [0.2, 0.25) is 5.02 Å². The second kappa shape index (κ2) is 7.17. The van der Waals surface area contributed by atoms with E-state index < -0.39 is 0 Å². The number of halogens is 1. The van der Waals surface area contributed by atoms with Gasteiger partial charge in [-0.15, -0.1) is 11.8 Å². The van der Waals surface area contributed by atoms with Gasteiger partial charge in [0.05, 0.1) is 0 Å². The number of piperidine rings is 1. The lowest BCUT2D eigenvalue weighted by molar-refractivity contribution is -0.123. The Bertz CT molecular complexity index is 416. The first-order valence-electron chi connectivity index (χ1n) is 6.55. The summed E-state index contributed by atoms with van der Waals surface area (Å²) in [5.41, 5.74) is 5.33. The van der Waals surface area contributed by atoms with Crippen LogP contribution in [0.3, 0.4) is 0 Å². The predicted molar refractivity (Wildman–Crippen MR) is 80.5 cm³/mol. The minimum absolute atomic E-state index is 0.0835. The highest BCUT2D eigenvalue weighted by atomic mass is 35.5. The van der Waals surface area contributed by atoms with E-state index in [4.69, 9.17) is 17.3 Å². The first kappa shape index (κ1) is 14.7. The Kier molecular flexibility index (Phi) is 5.55. The summed E-state index contributed by atoms with van der Waals surface area (Å²) in [5.74, 6) is 0.999. The van der Waals surface area contributed by atoms with Crippen molar-refractivity contribution >= 4 is 29.3 Å². The molecule has 1 aromatic carbocycles. The lowest BCUT2D eigenvalue weighted by Gasteiger charge is -2.30. The van der Waals surface area contributed by atoms with Crippen LogP contribution >= 0.6 is 23.4 Å². The van der Waals surface area contributed by atoms with Gasteiger partial charge in [-0.05, 0) is 50.2 Å². The Morgan fingerprint density at radius 3 is 2.53 bits per heavy atom. The van der Waals surface area contributed by atoms with E-state index in [2.05, 4.69) is 4.90 Å². The molecule has 0 unspecified atom stereocenters. The van der Waals surface area contributed by atoms with E-state index in [0.717, 1.165) is 43.3 Å². The minimum Gasteiger partial charge on any atom is -0.369 e. The highest BCUT2D eigenvalue weighted by Crippen LogP contribution is 2.21. The van der Waals surface area contributed by atoms with Crippen molar-refractivity contribution in [2.24, 2.45) is 11.7 Å². The first-order valence-corrected chi connectivity index (χ1v) is 7.91. The zero-order valence-corrected chi connectivity index (χ0v) is 12.4. The molecule has 1 saturated heterocycles. The molecule has 1 fully saturated rings. The van der Waals surface area contributed by atoms with E-state index >= 15 is 0 Å². The minimum atomic E-state index is -0.143. The van der Waals surface area contributed by atoms with Crippen molar-refractivity contribution in [3.8, 4) is 0 Å². The van der Waals surface area contributed by atoms with E-state index in [9.17, 15) is 4.79 Å². The molecule has 2 rings (SSSR count). The fraction of sp³-hybridized carbons (Fsp3) is 0.500. The quantitative estimate of drug-likeness (QED) is 0.850. The van der Waals surface area contributed by atoms with E-state index in [-0.39, 0.29) is 11.8 Å². The van der Waals surface area contributed by atoms with Crippen molar-refractivity contribution in [3.05, 3.63) is 29.3 Å². The van der Waals surface area contributed by atoms with Gasteiger partial charge < -0.3 is 10.6 Å². The molecule has 1 amide bonds. The average molecular weight is 299 g/mol. The number of primary amides is 1. The normalized spacial score (nSPS) is 17.5. The summed E-state index contributed by atoms with van der Waals surface area (Å²) < 4.78 is 0. The fourth-order valence-corrected chi connectivity index (χ4v) is 3.30. The van der Waals surface area contributed by atoms with Crippen LogP contribution in [0.4, 0.5) is 0 Å². The fourth-order valence-electron chi connectivity index (χ4n) is 2.26. The summed E-state index contributed by atoms with van der Waals surface area (Å²) in [5, 5.41) is 0.776. The van der Waals surface area contributed by atoms with Gasteiger partial charge in [0, 0.05) is 28.1 Å². The molecule has 0 aromatic heterocycles. The maximum absolute atomic E-state index is 11.1. The number of carbonyl (C=O) groups excluding carboxylic acids is 1. The molecule has 0 radical (unpaired) electrons. The molecule has 1 heterocycles. The summed E-state index contributed by atoms with van der Waals surface area (Å²) in [6.45, 7) is 3.02. The summed E-state index contributed by atoms with van der Waals surface area (Å²) in [6, 6.07) is 7.93. The molecule has 1 aromatic rings. The zero-order valence-electron chi connectivity index (χ0n) is 10.8. The second-order valence-corrected chi connectivity index (χ2v) is 6.43. The number of rotatable bonds is 5. The van der Waals surface area contributed by atoms with Gasteiger partial charge in [0.15, 0.2) is 0 Å². The number of amides is 1. The Hall–Kier alpha value is -0.710. The van der Waals surface area contributed by atoms with Crippen molar-refractivity contribution in [1.82, 2.24) is 4.90 Å². The van der Waals surface area contributed by atoms with Gasteiger partial charge >= 0.3 is 0 Å². The summed E-state index contributed by atoms with van der Waals surface area (Å²) in [7, 11) is 0. The van der Waals surface area contributed by atoms with Crippen LogP contribution in [0.15, 0.2) is 29.2 Å². The molecular formula is C14H19ClN2OS. The third-order valence-electron chi connectivity index (χ3n) is 3.48. The smallest absolute Gasteiger partial charge is 0.220 e. The number of hydrogen-bond acceptors (Lipinski definition) is 3. The van der Waals surface area contributed by atoms with Crippen LogP contribution in [0.1, 0.15) is 12.8 Å². The number of likely N-dealkylation sites (tertiary alicyclic amines) is 1. The Balaban J connectivity index is 1.67. The summed E-state index contributed by atoms with van der Waals surface area (Å²) in [4.78, 5) is 14.7. The van der Waals surface area contributed by atoms with Gasteiger partial charge in [-0.3, -0.25) is 4.79 Å². The van der Waals surface area contributed by atoms with Gasteiger partial charge in [0.2, 0.25) is 5.91 Å². The Morgan fingerprint density at radius 2 is 1.95 bits per heavy atom. The summed E-state index contributed by atoms with van der Waals surface area (Å²) >= 11 is 7.69. The van der Waals surface area contributed by atoms with Crippen LogP contribution in [0.25, 0.3) is 0 Å². The molecule has 1 aliphatic heterocycles. The van der Waals surface area contributed by atoms with Gasteiger partial charge in [-0.25, -0.2) is 0 Å².